The number of piperidine rings is 1. The standard InChI is InChI=1S/C22H38N4O3.HI/c1-5-6-13-29-14-7-10-24-22(23-2)25-18-8-11-26(12-9-18)19-15-20(27-3)17-21(16-19)28-4;/h15-18H,5-14H2,1-4H3,(H2,23,24,25);1H. The Kier molecular flexibility index (Phi) is 13.7. The van der Waals surface area contributed by atoms with Crippen LogP contribution in [0.25, 0.3) is 0 Å². The fourth-order valence-corrected chi connectivity index (χ4v) is 3.37. The van der Waals surface area contributed by atoms with Gasteiger partial charge in [-0.1, -0.05) is 13.3 Å². The van der Waals surface area contributed by atoms with E-state index in [0.717, 1.165) is 81.7 Å². The second kappa shape index (κ2) is 15.4. The van der Waals surface area contributed by atoms with Crippen molar-refractivity contribution in [3.8, 4) is 11.5 Å². The Morgan fingerprint density at radius 1 is 1.07 bits per heavy atom. The summed E-state index contributed by atoms with van der Waals surface area (Å²) in [5.74, 6) is 2.52. The number of nitrogens with zero attached hydrogens (tertiary/aromatic N) is 2. The van der Waals surface area contributed by atoms with Crippen molar-refractivity contribution in [3.63, 3.8) is 0 Å². The molecule has 1 saturated heterocycles. The van der Waals surface area contributed by atoms with Crippen molar-refractivity contribution in [3.05, 3.63) is 18.2 Å². The molecule has 1 fully saturated rings. The van der Waals surface area contributed by atoms with Gasteiger partial charge in [0, 0.05) is 69.8 Å². The maximum absolute atomic E-state index is 5.60. The minimum atomic E-state index is 0. The van der Waals surface area contributed by atoms with Gasteiger partial charge in [-0.05, 0) is 25.7 Å². The first-order valence-electron chi connectivity index (χ1n) is 10.7. The fraction of sp³-hybridized carbons (Fsp3) is 0.682. The van der Waals surface area contributed by atoms with Crippen LogP contribution in [-0.2, 0) is 4.74 Å². The van der Waals surface area contributed by atoms with Crippen molar-refractivity contribution >= 4 is 35.6 Å². The normalized spacial score (nSPS) is 14.8. The molecule has 8 heteroatoms. The van der Waals surface area contributed by atoms with E-state index in [0.29, 0.717) is 6.04 Å². The molecular weight excluding hydrogens is 495 g/mol. The van der Waals surface area contributed by atoms with E-state index in [1.807, 2.05) is 13.1 Å². The van der Waals surface area contributed by atoms with Crippen molar-refractivity contribution in [2.75, 3.05) is 59.0 Å². The van der Waals surface area contributed by atoms with E-state index in [9.17, 15) is 0 Å². The molecule has 172 valence electrons. The largest absolute Gasteiger partial charge is 0.497 e. The van der Waals surface area contributed by atoms with Gasteiger partial charge < -0.3 is 29.7 Å². The summed E-state index contributed by atoms with van der Waals surface area (Å²) in [6.45, 7) is 6.67. The van der Waals surface area contributed by atoms with E-state index in [2.05, 4.69) is 39.6 Å². The van der Waals surface area contributed by atoms with Gasteiger partial charge in [-0.2, -0.15) is 0 Å². The van der Waals surface area contributed by atoms with E-state index in [-0.39, 0.29) is 24.0 Å². The van der Waals surface area contributed by atoms with Gasteiger partial charge in [-0.25, -0.2) is 0 Å². The zero-order valence-corrected chi connectivity index (χ0v) is 21.2. The molecule has 1 aromatic rings. The number of unbranched alkanes of at least 4 members (excludes halogenated alkanes) is 1. The van der Waals surface area contributed by atoms with Crippen LogP contribution in [0.3, 0.4) is 0 Å². The van der Waals surface area contributed by atoms with Crippen molar-refractivity contribution in [1.82, 2.24) is 10.6 Å². The lowest BCUT2D eigenvalue weighted by molar-refractivity contribution is 0.129. The van der Waals surface area contributed by atoms with E-state index in [4.69, 9.17) is 14.2 Å². The smallest absolute Gasteiger partial charge is 0.191 e. The topological polar surface area (TPSA) is 67.4 Å². The Hall–Kier alpha value is -1.42. The van der Waals surface area contributed by atoms with Crippen LogP contribution in [0.2, 0.25) is 0 Å². The number of aliphatic imine (C=N–C) groups is 1. The first-order chi connectivity index (χ1) is 14.2. The molecule has 1 aliphatic rings. The third kappa shape index (κ3) is 9.16. The highest BCUT2D eigenvalue weighted by molar-refractivity contribution is 14.0. The highest BCUT2D eigenvalue weighted by Gasteiger charge is 2.21. The molecule has 2 rings (SSSR count). The molecule has 0 aliphatic carbocycles. The van der Waals surface area contributed by atoms with Crippen molar-refractivity contribution in [2.24, 2.45) is 4.99 Å². The van der Waals surface area contributed by atoms with E-state index in [1.54, 1.807) is 14.2 Å². The summed E-state index contributed by atoms with van der Waals surface area (Å²) in [7, 11) is 5.19. The van der Waals surface area contributed by atoms with E-state index < -0.39 is 0 Å². The Morgan fingerprint density at radius 2 is 1.70 bits per heavy atom. The van der Waals surface area contributed by atoms with Gasteiger partial charge in [0.2, 0.25) is 0 Å². The molecule has 7 nitrogen and oxygen atoms in total. The lowest BCUT2D eigenvalue weighted by atomic mass is 10.0. The molecule has 1 aromatic carbocycles. The predicted molar refractivity (Wildman–Crippen MR) is 135 cm³/mol. The molecule has 30 heavy (non-hydrogen) atoms. The van der Waals surface area contributed by atoms with Crippen LogP contribution in [0.5, 0.6) is 11.5 Å². The third-order valence-corrected chi connectivity index (χ3v) is 5.16. The Bertz CT molecular complexity index is 600. The van der Waals surface area contributed by atoms with Gasteiger partial charge in [0.05, 0.1) is 14.2 Å². The SMILES string of the molecule is CCCCOCCCNC(=NC)NC1CCN(c2cc(OC)cc(OC)c2)CC1.I. The molecule has 0 bridgehead atoms. The van der Waals surface area contributed by atoms with Crippen LogP contribution in [-0.4, -0.2) is 66.1 Å². The summed E-state index contributed by atoms with van der Waals surface area (Å²) in [5.41, 5.74) is 1.14. The van der Waals surface area contributed by atoms with E-state index in [1.165, 1.54) is 6.42 Å². The van der Waals surface area contributed by atoms with Crippen LogP contribution >= 0.6 is 24.0 Å². The first-order valence-corrected chi connectivity index (χ1v) is 10.7. The molecule has 0 radical (unpaired) electrons. The monoisotopic (exact) mass is 534 g/mol. The summed E-state index contributed by atoms with van der Waals surface area (Å²) in [4.78, 5) is 6.74. The fourth-order valence-electron chi connectivity index (χ4n) is 3.37. The van der Waals surface area contributed by atoms with Gasteiger partial charge in [-0.3, -0.25) is 4.99 Å². The highest BCUT2D eigenvalue weighted by Crippen LogP contribution is 2.30. The molecule has 0 aromatic heterocycles. The van der Waals surface area contributed by atoms with Crippen LogP contribution in [0, 0.1) is 0 Å². The Balaban J connectivity index is 0.00000450. The van der Waals surface area contributed by atoms with E-state index >= 15 is 0 Å². The van der Waals surface area contributed by atoms with Gasteiger partial charge >= 0.3 is 0 Å². The molecule has 1 heterocycles. The van der Waals surface area contributed by atoms with Gasteiger partial charge in [0.25, 0.3) is 0 Å². The average Bonchev–Trinajstić information content (AvgIpc) is 2.77. The second-order valence-corrected chi connectivity index (χ2v) is 7.29. The quantitative estimate of drug-likeness (QED) is 0.196. The van der Waals surface area contributed by atoms with Gasteiger partial charge in [0.15, 0.2) is 5.96 Å². The maximum Gasteiger partial charge on any atom is 0.191 e. The minimum Gasteiger partial charge on any atom is -0.497 e. The maximum atomic E-state index is 5.60. The number of guanidine groups is 1. The first kappa shape index (κ1) is 26.6. The number of anilines is 1. The third-order valence-electron chi connectivity index (χ3n) is 5.16. The number of rotatable bonds is 11. The zero-order valence-electron chi connectivity index (χ0n) is 18.9. The number of hydrogen-bond donors (Lipinski definition) is 2. The molecule has 0 saturated carbocycles. The lowest BCUT2D eigenvalue weighted by Crippen LogP contribution is -2.49. The van der Waals surface area contributed by atoms with Crippen molar-refractivity contribution in [1.29, 1.82) is 0 Å². The summed E-state index contributed by atoms with van der Waals surface area (Å²) in [6.07, 6.45) is 5.41. The molecule has 0 unspecified atom stereocenters. The summed E-state index contributed by atoms with van der Waals surface area (Å²) >= 11 is 0. The van der Waals surface area contributed by atoms with Crippen molar-refractivity contribution in [2.45, 2.75) is 45.1 Å². The van der Waals surface area contributed by atoms with Crippen LogP contribution < -0.4 is 25.0 Å². The number of halogens is 1. The zero-order chi connectivity index (χ0) is 20.9. The number of ether oxygens (including phenoxy) is 3. The summed E-state index contributed by atoms with van der Waals surface area (Å²) in [6, 6.07) is 6.46. The summed E-state index contributed by atoms with van der Waals surface area (Å²) in [5, 5.41) is 6.95. The lowest BCUT2D eigenvalue weighted by Gasteiger charge is -2.34. The minimum absolute atomic E-state index is 0. The average molecular weight is 534 g/mol. The number of benzene rings is 1. The number of nitrogens with one attached hydrogen (secondary N) is 2. The molecule has 0 spiro atoms. The van der Waals surface area contributed by atoms with Crippen LogP contribution in [0.4, 0.5) is 5.69 Å². The Labute approximate surface area is 199 Å². The summed E-state index contributed by atoms with van der Waals surface area (Å²) < 4.78 is 16.4. The number of methoxy groups -OCH3 is 2. The van der Waals surface area contributed by atoms with Gasteiger partial charge in [0.1, 0.15) is 11.5 Å². The molecule has 0 atom stereocenters. The molecule has 0 amide bonds. The van der Waals surface area contributed by atoms with Crippen LogP contribution in [0.1, 0.15) is 39.0 Å². The molecule has 2 N–H and O–H groups in total. The molecule has 1 aliphatic heterocycles. The number of hydrogen-bond acceptors (Lipinski definition) is 5. The predicted octanol–water partition coefficient (Wildman–Crippen LogP) is 3.66. The highest BCUT2D eigenvalue weighted by atomic mass is 127. The second-order valence-electron chi connectivity index (χ2n) is 7.29. The van der Waals surface area contributed by atoms with Gasteiger partial charge in [-0.15, -0.1) is 24.0 Å². The van der Waals surface area contributed by atoms with Crippen LogP contribution in [0.15, 0.2) is 23.2 Å². The van der Waals surface area contributed by atoms with Crippen molar-refractivity contribution < 1.29 is 14.2 Å². The molecular formula is C22H39IN4O3. The Morgan fingerprint density at radius 3 is 2.27 bits per heavy atom.